The highest BCUT2D eigenvalue weighted by atomic mass is 32.1. The molecule has 2 aromatic carbocycles. The van der Waals surface area contributed by atoms with Crippen LogP contribution in [0.15, 0.2) is 78.2 Å². The Kier molecular flexibility index (Phi) is 5.54. The number of amides is 1. The molecule has 0 saturated carbocycles. The van der Waals surface area contributed by atoms with Crippen molar-refractivity contribution in [3.8, 4) is 27.7 Å². The number of hydrogen-bond acceptors (Lipinski definition) is 6. The topological polar surface area (TPSA) is 81.4 Å². The average Bonchev–Trinajstić information content (AvgIpc) is 3.50. The van der Waals surface area contributed by atoms with Crippen molar-refractivity contribution in [2.24, 2.45) is 0 Å². The van der Waals surface area contributed by atoms with E-state index in [-0.39, 0.29) is 5.75 Å². The van der Waals surface area contributed by atoms with E-state index in [4.69, 9.17) is 9.84 Å². The lowest BCUT2D eigenvalue weighted by Gasteiger charge is -2.15. The smallest absolute Gasteiger partial charge is 0.265 e. The highest BCUT2D eigenvalue weighted by Crippen LogP contribution is 2.26. The number of nitrogens with one attached hydrogen (secondary N) is 1. The molecule has 9 heteroatoms. The Morgan fingerprint density at radius 1 is 1.06 bits per heavy atom. The number of anilines is 1. The van der Waals surface area contributed by atoms with Gasteiger partial charge >= 0.3 is 0 Å². The Morgan fingerprint density at radius 3 is 2.76 bits per heavy atom. The highest BCUT2D eigenvalue weighted by Gasteiger charge is 2.17. The number of hydrogen-bond donors (Lipinski definition) is 1. The molecule has 0 radical (unpaired) electrons. The Labute approximate surface area is 192 Å². The third kappa shape index (κ3) is 4.31. The van der Waals surface area contributed by atoms with Crippen LogP contribution >= 0.6 is 11.3 Å². The van der Waals surface area contributed by atoms with Gasteiger partial charge in [-0.3, -0.25) is 4.79 Å². The van der Waals surface area contributed by atoms with Crippen molar-refractivity contribution in [3.63, 3.8) is 0 Å². The van der Waals surface area contributed by atoms with Gasteiger partial charge in [0, 0.05) is 11.3 Å². The van der Waals surface area contributed by atoms with Gasteiger partial charge in [-0.2, -0.15) is 9.61 Å². The van der Waals surface area contributed by atoms with Gasteiger partial charge in [-0.05, 0) is 54.8 Å². The zero-order chi connectivity index (χ0) is 22.8. The molecule has 33 heavy (non-hydrogen) atoms. The normalized spacial score (nSPS) is 11.9. The average molecular weight is 460 g/mol. The minimum absolute atomic E-state index is 0.0295. The lowest BCUT2D eigenvalue weighted by molar-refractivity contribution is -0.122. The first-order valence-corrected chi connectivity index (χ1v) is 11.1. The van der Waals surface area contributed by atoms with E-state index in [1.54, 1.807) is 41.0 Å². The highest BCUT2D eigenvalue weighted by molar-refractivity contribution is 7.13. The Balaban J connectivity index is 1.37. The zero-order valence-corrected chi connectivity index (χ0v) is 18.3. The SMILES string of the molecule is CC(Oc1ccccc1F)C(=O)Nc1cccc(-c2ccc3nnc(-c4cccs4)n3n2)c1. The summed E-state index contributed by atoms with van der Waals surface area (Å²) in [6, 6.07) is 20.9. The summed E-state index contributed by atoms with van der Waals surface area (Å²) in [5.41, 5.74) is 2.73. The Morgan fingerprint density at radius 2 is 1.94 bits per heavy atom. The van der Waals surface area contributed by atoms with Crippen LogP contribution in [0.25, 0.3) is 27.6 Å². The largest absolute Gasteiger partial charge is 0.478 e. The van der Waals surface area contributed by atoms with E-state index < -0.39 is 17.8 Å². The van der Waals surface area contributed by atoms with Gasteiger partial charge in [-0.15, -0.1) is 21.5 Å². The number of aromatic nitrogens is 4. The van der Waals surface area contributed by atoms with Gasteiger partial charge in [0.05, 0.1) is 10.6 Å². The number of para-hydroxylation sites is 1. The van der Waals surface area contributed by atoms with E-state index in [2.05, 4.69) is 15.5 Å². The van der Waals surface area contributed by atoms with E-state index in [1.165, 1.54) is 12.1 Å². The predicted octanol–water partition coefficient (Wildman–Crippen LogP) is 5.06. The molecule has 0 spiro atoms. The summed E-state index contributed by atoms with van der Waals surface area (Å²) >= 11 is 1.56. The predicted molar refractivity (Wildman–Crippen MR) is 125 cm³/mol. The summed E-state index contributed by atoms with van der Waals surface area (Å²) in [5, 5.41) is 17.9. The van der Waals surface area contributed by atoms with Gasteiger partial charge in [-0.25, -0.2) is 4.39 Å². The number of benzene rings is 2. The van der Waals surface area contributed by atoms with Gasteiger partial charge < -0.3 is 10.1 Å². The van der Waals surface area contributed by atoms with Crippen molar-refractivity contribution in [3.05, 3.63) is 84.0 Å². The molecule has 7 nitrogen and oxygen atoms in total. The zero-order valence-electron chi connectivity index (χ0n) is 17.5. The molecule has 3 heterocycles. The lowest BCUT2D eigenvalue weighted by atomic mass is 10.1. The van der Waals surface area contributed by atoms with Crippen LogP contribution in [0.3, 0.4) is 0 Å². The number of nitrogens with zero attached hydrogens (tertiary/aromatic N) is 4. The van der Waals surface area contributed by atoms with Crippen molar-refractivity contribution in [2.75, 3.05) is 5.32 Å². The monoisotopic (exact) mass is 459 g/mol. The number of carbonyl (C=O) groups is 1. The number of rotatable bonds is 6. The quantitative estimate of drug-likeness (QED) is 0.384. The first-order valence-electron chi connectivity index (χ1n) is 10.2. The van der Waals surface area contributed by atoms with Crippen LogP contribution in [0.5, 0.6) is 5.75 Å². The molecule has 3 aromatic heterocycles. The second kappa shape index (κ2) is 8.79. The van der Waals surface area contributed by atoms with Gasteiger partial charge in [0.15, 0.2) is 29.1 Å². The first-order chi connectivity index (χ1) is 16.1. The minimum Gasteiger partial charge on any atom is -0.478 e. The molecule has 0 saturated heterocycles. The van der Waals surface area contributed by atoms with E-state index in [0.717, 1.165) is 10.4 Å². The van der Waals surface area contributed by atoms with Crippen LogP contribution < -0.4 is 10.1 Å². The summed E-state index contributed by atoms with van der Waals surface area (Å²) in [6.45, 7) is 1.57. The molecule has 0 fully saturated rings. The van der Waals surface area contributed by atoms with Crippen molar-refractivity contribution in [2.45, 2.75) is 13.0 Å². The summed E-state index contributed by atoms with van der Waals surface area (Å²) in [4.78, 5) is 13.6. The van der Waals surface area contributed by atoms with E-state index >= 15 is 0 Å². The standard InChI is InChI=1S/C24H18FN5O2S/c1-15(32-20-9-3-2-8-18(20)25)24(31)26-17-7-4-6-16(14-17)19-11-12-22-27-28-23(30(22)29-19)21-10-5-13-33-21/h2-15H,1H3,(H,26,31). The van der Waals surface area contributed by atoms with Crippen LogP contribution in [0.1, 0.15) is 6.92 Å². The first kappa shape index (κ1) is 20.8. The van der Waals surface area contributed by atoms with Gasteiger partial charge in [-0.1, -0.05) is 30.3 Å². The van der Waals surface area contributed by atoms with E-state index in [1.807, 2.05) is 47.8 Å². The van der Waals surface area contributed by atoms with Crippen molar-refractivity contribution in [1.82, 2.24) is 19.8 Å². The second-order valence-corrected chi connectivity index (χ2v) is 8.20. The third-order valence-electron chi connectivity index (χ3n) is 4.94. The van der Waals surface area contributed by atoms with Crippen LogP contribution in [-0.2, 0) is 4.79 Å². The van der Waals surface area contributed by atoms with Crippen LogP contribution in [0.2, 0.25) is 0 Å². The van der Waals surface area contributed by atoms with Crippen LogP contribution in [0.4, 0.5) is 10.1 Å². The molecule has 1 unspecified atom stereocenters. The van der Waals surface area contributed by atoms with Gasteiger partial charge in [0.1, 0.15) is 0 Å². The van der Waals surface area contributed by atoms with E-state index in [0.29, 0.717) is 22.9 Å². The number of fused-ring (bicyclic) bond motifs is 1. The van der Waals surface area contributed by atoms with Crippen molar-refractivity contribution < 1.29 is 13.9 Å². The summed E-state index contributed by atoms with van der Waals surface area (Å²) in [7, 11) is 0. The molecular formula is C24H18FN5O2S. The molecule has 0 aliphatic rings. The van der Waals surface area contributed by atoms with Crippen LogP contribution in [-0.4, -0.2) is 31.8 Å². The van der Waals surface area contributed by atoms with Gasteiger partial charge in [0.25, 0.3) is 5.91 Å². The molecule has 1 amide bonds. The molecule has 164 valence electrons. The molecule has 0 aliphatic heterocycles. The fourth-order valence-corrected chi connectivity index (χ4v) is 3.98. The molecule has 1 atom stereocenters. The molecule has 5 rings (SSSR count). The minimum atomic E-state index is -0.884. The fraction of sp³-hybridized carbons (Fsp3) is 0.0833. The Hall–Kier alpha value is -4.11. The Bertz CT molecular complexity index is 1430. The molecular weight excluding hydrogens is 441 g/mol. The molecule has 0 bridgehead atoms. The molecule has 5 aromatic rings. The van der Waals surface area contributed by atoms with Crippen LogP contribution in [0, 0.1) is 5.82 Å². The fourth-order valence-electron chi connectivity index (χ4n) is 3.29. The number of halogens is 1. The maximum atomic E-state index is 13.8. The third-order valence-corrected chi connectivity index (χ3v) is 5.81. The number of carbonyl (C=O) groups excluding carboxylic acids is 1. The maximum absolute atomic E-state index is 13.8. The maximum Gasteiger partial charge on any atom is 0.265 e. The van der Waals surface area contributed by atoms with Crippen molar-refractivity contribution >= 4 is 28.6 Å². The number of ether oxygens (including phenoxy) is 1. The van der Waals surface area contributed by atoms with Gasteiger partial charge in [0.2, 0.25) is 0 Å². The summed E-state index contributed by atoms with van der Waals surface area (Å²) < 4.78 is 21.0. The van der Waals surface area contributed by atoms with E-state index in [9.17, 15) is 9.18 Å². The summed E-state index contributed by atoms with van der Waals surface area (Å²) in [6.07, 6.45) is -0.884. The lowest BCUT2D eigenvalue weighted by Crippen LogP contribution is -2.30. The van der Waals surface area contributed by atoms with Crippen molar-refractivity contribution in [1.29, 1.82) is 0 Å². The molecule has 1 N–H and O–H groups in total. The second-order valence-electron chi connectivity index (χ2n) is 7.25. The molecule has 0 aliphatic carbocycles. The summed E-state index contributed by atoms with van der Waals surface area (Å²) in [5.74, 6) is -0.207. The number of thiophene rings is 1.